The first kappa shape index (κ1) is 15.7. The quantitative estimate of drug-likeness (QED) is 0.781. The van der Waals surface area contributed by atoms with Crippen LogP contribution in [-0.2, 0) is 9.53 Å². The van der Waals surface area contributed by atoms with Crippen molar-refractivity contribution in [2.45, 2.75) is 57.9 Å². The van der Waals surface area contributed by atoms with Crippen molar-refractivity contribution in [3.8, 4) is 0 Å². The van der Waals surface area contributed by atoms with Crippen LogP contribution >= 0.6 is 12.2 Å². The highest BCUT2D eigenvalue weighted by Crippen LogP contribution is 2.33. The molecule has 1 heterocycles. The molecule has 4 nitrogen and oxygen atoms in total. The fourth-order valence-corrected chi connectivity index (χ4v) is 3.72. The Morgan fingerprint density at radius 3 is 2.70 bits per heavy atom. The molecule has 1 aliphatic carbocycles. The molecule has 0 aromatic carbocycles. The number of ether oxygens (including phenoxy) is 1. The van der Waals surface area contributed by atoms with E-state index in [1.807, 2.05) is 0 Å². The minimum Gasteiger partial charge on any atom is -0.392 e. The van der Waals surface area contributed by atoms with Gasteiger partial charge in [-0.15, -0.1) is 0 Å². The number of carbonyl (C=O) groups excluding carboxylic acids is 1. The molecule has 2 fully saturated rings. The van der Waals surface area contributed by atoms with E-state index in [-0.39, 0.29) is 11.9 Å². The molecule has 2 rings (SSSR count). The monoisotopic (exact) mass is 298 g/mol. The summed E-state index contributed by atoms with van der Waals surface area (Å²) >= 11 is 5.18. The summed E-state index contributed by atoms with van der Waals surface area (Å²) in [5.74, 6) is 0.763. The van der Waals surface area contributed by atoms with Crippen LogP contribution < -0.4 is 11.1 Å². The average Bonchev–Trinajstić information content (AvgIpc) is 2.48. The maximum Gasteiger partial charge on any atom is 0.233 e. The maximum absolute atomic E-state index is 12.7. The number of nitrogens with two attached hydrogens (primary N) is 1. The smallest absolute Gasteiger partial charge is 0.233 e. The van der Waals surface area contributed by atoms with Gasteiger partial charge in [-0.3, -0.25) is 4.79 Å². The first-order chi connectivity index (χ1) is 9.58. The summed E-state index contributed by atoms with van der Waals surface area (Å²) in [6.07, 6.45) is 7.07. The third-order valence-electron chi connectivity index (χ3n) is 4.95. The normalized spacial score (nSPS) is 29.6. The Kier molecular flexibility index (Phi) is 5.38. The van der Waals surface area contributed by atoms with Crippen LogP contribution in [0.25, 0.3) is 0 Å². The maximum atomic E-state index is 12.7. The van der Waals surface area contributed by atoms with Crippen molar-refractivity contribution in [3.05, 3.63) is 0 Å². The van der Waals surface area contributed by atoms with Gasteiger partial charge in [0.2, 0.25) is 5.91 Å². The van der Waals surface area contributed by atoms with Gasteiger partial charge in [0.15, 0.2) is 0 Å². The van der Waals surface area contributed by atoms with Crippen LogP contribution in [0, 0.1) is 11.3 Å². The van der Waals surface area contributed by atoms with E-state index in [1.54, 1.807) is 0 Å². The van der Waals surface area contributed by atoms with Crippen molar-refractivity contribution in [3.63, 3.8) is 0 Å². The number of carbonyl (C=O) groups is 1. The Labute approximate surface area is 126 Å². The SMILES string of the molecule is CCC1CCCC(NC(=O)C2(C(N)=S)CCOCC2)C1. The van der Waals surface area contributed by atoms with Gasteiger partial charge < -0.3 is 15.8 Å². The number of amides is 1. The summed E-state index contributed by atoms with van der Waals surface area (Å²) in [6, 6.07) is 0.287. The molecule has 2 atom stereocenters. The van der Waals surface area contributed by atoms with E-state index in [0.29, 0.717) is 31.0 Å². The topological polar surface area (TPSA) is 64.4 Å². The van der Waals surface area contributed by atoms with Crippen molar-refractivity contribution in [2.24, 2.45) is 17.1 Å². The molecule has 1 aliphatic heterocycles. The molecule has 2 aliphatic rings. The Bertz CT molecular complexity index is 367. The molecule has 0 spiro atoms. The predicted octanol–water partition coefficient (Wildman–Crippen LogP) is 2.15. The van der Waals surface area contributed by atoms with Crippen LogP contribution in [0.1, 0.15) is 51.9 Å². The third-order valence-corrected chi connectivity index (χ3v) is 5.34. The first-order valence-electron chi connectivity index (χ1n) is 7.77. The molecule has 114 valence electrons. The molecule has 0 aromatic rings. The second-order valence-electron chi connectivity index (χ2n) is 6.17. The average molecular weight is 298 g/mol. The summed E-state index contributed by atoms with van der Waals surface area (Å²) in [7, 11) is 0. The zero-order valence-corrected chi connectivity index (χ0v) is 13.1. The molecule has 3 N–H and O–H groups in total. The van der Waals surface area contributed by atoms with Gasteiger partial charge in [0.05, 0.1) is 4.99 Å². The number of hydrogen-bond donors (Lipinski definition) is 2. The highest BCUT2D eigenvalue weighted by atomic mass is 32.1. The second kappa shape index (κ2) is 6.85. The molecular formula is C15H26N2O2S. The van der Waals surface area contributed by atoms with Crippen molar-refractivity contribution < 1.29 is 9.53 Å². The van der Waals surface area contributed by atoms with E-state index >= 15 is 0 Å². The summed E-state index contributed by atoms with van der Waals surface area (Å²) in [4.78, 5) is 13.0. The first-order valence-corrected chi connectivity index (χ1v) is 8.18. The fraction of sp³-hybridized carbons (Fsp3) is 0.867. The van der Waals surface area contributed by atoms with Crippen LogP contribution in [0.3, 0.4) is 0 Å². The zero-order valence-electron chi connectivity index (χ0n) is 12.3. The van der Waals surface area contributed by atoms with Crippen LogP contribution in [0.5, 0.6) is 0 Å². The summed E-state index contributed by atoms with van der Waals surface area (Å²) in [5, 5.41) is 3.21. The molecule has 2 unspecified atom stereocenters. The lowest BCUT2D eigenvalue weighted by molar-refractivity contribution is -0.132. The summed E-state index contributed by atoms with van der Waals surface area (Å²) < 4.78 is 5.35. The molecule has 5 heteroatoms. The number of hydrogen-bond acceptors (Lipinski definition) is 3. The summed E-state index contributed by atoms with van der Waals surface area (Å²) in [5.41, 5.74) is 5.19. The fourth-order valence-electron chi connectivity index (χ4n) is 3.42. The van der Waals surface area contributed by atoms with Crippen molar-refractivity contribution in [1.82, 2.24) is 5.32 Å². The Morgan fingerprint density at radius 1 is 1.40 bits per heavy atom. The van der Waals surface area contributed by atoms with E-state index in [0.717, 1.165) is 18.8 Å². The molecule has 1 amide bonds. The molecule has 0 bridgehead atoms. The number of nitrogens with one attached hydrogen (secondary N) is 1. The number of rotatable bonds is 4. The van der Waals surface area contributed by atoms with Crippen LogP contribution in [0.4, 0.5) is 0 Å². The van der Waals surface area contributed by atoms with Crippen molar-refractivity contribution in [2.75, 3.05) is 13.2 Å². The molecule has 1 saturated heterocycles. The number of thiocarbonyl (C=S) groups is 1. The highest BCUT2D eigenvalue weighted by molar-refractivity contribution is 7.80. The highest BCUT2D eigenvalue weighted by Gasteiger charge is 2.43. The van der Waals surface area contributed by atoms with Gasteiger partial charge in [0.25, 0.3) is 0 Å². The van der Waals surface area contributed by atoms with Crippen LogP contribution in [-0.4, -0.2) is 30.2 Å². The van der Waals surface area contributed by atoms with Gasteiger partial charge in [-0.1, -0.05) is 38.4 Å². The standard InChI is InChI=1S/C15H26N2O2S/c1-2-11-4-3-5-12(10-11)17-14(18)15(13(16)20)6-8-19-9-7-15/h11-12H,2-10H2,1H3,(H2,16,20)(H,17,18). The van der Waals surface area contributed by atoms with Crippen molar-refractivity contribution >= 4 is 23.1 Å². The lowest BCUT2D eigenvalue weighted by Crippen LogP contribution is -2.54. The Balaban J connectivity index is 1.99. The molecular weight excluding hydrogens is 272 g/mol. The third kappa shape index (κ3) is 3.31. The lowest BCUT2D eigenvalue weighted by atomic mass is 9.78. The largest absolute Gasteiger partial charge is 0.392 e. The predicted molar refractivity (Wildman–Crippen MR) is 83.5 cm³/mol. The van der Waals surface area contributed by atoms with Crippen LogP contribution in [0.2, 0.25) is 0 Å². The molecule has 20 heavy (non-hydrogen) atoms. The van der Waals surface area contributed by atoms with Gasteiger partial charge >= 0.3 is 0 Å². The second-order valence-corrected chi connectivity index (χ2v) is 6.61. The van der Waals surface area contributed by atoms with Crippen LogP contribution in [0.15, 0.2) is 0 Å². The van der Waals surface area contributed by atoms with E-state index < -0.39 is 5.41 Å². The van der Waals surface area contributed by atoms with Gasteiger partial charge in [-0.2, -0.15) is 0 Å². The lowest BCUT2D eigenvalue weighted by Gasteiger charge is -2.37. The molecule has 0 radical (unpaired) electrons. The Morgan fingerprint density at radius 2 is 2.10 bits per heavy atom. The van der Waals surface area contributed by atoms with Gasteiger partial charge in [-0.25, -0.2) is 0 Å². The summed E-state index contributed by atoms with van der Waals surface area (Å²) in [6.45, 7) is 3.35. The van der Waals surface area contributed by atoms with E-state index in [2.05, 4.69) is 12.2 Å². The van der Waals surface area contributed by atoms with Gasteiger partial charge in [0.1, 0.15) is 5.41 Å². The van der Waals surface area contributed by atoms with E-state index in [9.17, 15) is 4.79 Å². The van der Waals surface area contributed by atoms with Crippen molar-refractivity contribution in [1.29, 1.82) is 0 Å². The zero-order chi connectivity index (χ0) is 14.6. The minimum absolute atomic E-state index is 0.0232. The Hall–Kier alpha value is -0.680. The van der Waals surface area contributed by atoms with E-state index in [4.69, 9.17) is 22.7 Å². The minimum atomic E-state index is -0.688. The van der Waals surface area contributed by atoms with Gasteiger partial charge in [-0.05, 0) is 31.6 Å². The molecule has 0 aromatic heterocycles. The molecule has 1 saturated carbocycles. The van der Waals surface area contributed by atoms with E-state index in [1.165, 1.54) is 19.3 Å². The van der Waals surface area contributed by atoms with Gasteiger partial charge in [0, 0.05) is 19.3 Å².